The van der Waals surface area contributed by atoms with Crippen LogP contribution in [0.1, 0.15) is 22.9 Å². The minimum Gasteiger partial charge on any atom is -0.507 e. The largest absolute Gasteiger partial charge is 0.507 e. The molecule has 29 heavy (non-hydrogen) atoms. The number of pyridine rings is 1. The first-order chi connectivity index (χ1) is 14.0. The van der Waals surface area contributed by atoms with Crippen molar-refractivity contribution in [3.05, 3.63) is 101 Å². The molecule has 1 unspecified atom stereocenters. The molecule has 0 bridgehead atoms. The van der Waals surface area contributed by atoms with Crippen LogP contribution in [-0.2, 0) is 9.59 Å². The third-order valence-corrected chi connectivity index (χ3v) is 4.88. The number of amides is 1. The first-order valence-electron chi connectivity index (χ1n) is 9.02. The molecule has 0 spiro atoms. The second-order valence-corrected chi connectivity index (χ2v) is 6.72. The van der Waals surface area contributed by atoms with E-state index in [4.69, 9.17) is 0 Å². The van der Waals surface area contributed by atoms with E-state index in [1.165, 1.54) is 23.1 Å². The van der Waals surface area contributed by atoms with E-state index >= 15 is 0 Å². The SMILES string of the molecule is Cc1cc(/C(O)=C2/C(=O)C(=O)N(c3ccccc3)C2c2ccccn2)ccc1F. The molecule has 4 rings (SSSR count). The molecular formula is C23H17FN2O3. The topological polar surface area (TPSA) is 70.5 Å². The van der Waals surface area contributed by atoms with Gasteiger partial charge in [0.15, 0.2) is 0 Å². The van der Waals surface area contributed by atoms with Crippen LogP contribution in [-0.4, -0.2) is 21.8 Å². The predicted molar refractivity (Wildman–Crippen MR) is 107 cm³/mol. The summed E-state index contributed by atoms with van der Waals surface area (Å²) in [4.78, 5) is 31.5. The zero-order valence-electron chi connectivity index (χ0n) is 15.5. The average Bonchev–Trinajstić information content (AvgIpc) is 3.01. The number of Topliss-reactive ketones (excluding diaryl/α,β-unsaturated/α-hetero) is 1. The summed E-state index contributed by atoms with van der Waals surface area (Å²) in [7, 11) is 0. The summed E-state index contributed by atoms with van der Waals surface area (Å²) in [5, 5.41) is 10.9. The molecule has 3 aromatic rings. The van der Waals surface area contributed by atoms with Gasteiger partial charge < -0.3 is 5.11 Å². The van der Waals surface area contributed by atoms with Crippen LogP contribution in [0.2, 0.25) is 0 Å². The van der Waals surface area contributed by atoms with Crippen molar-refractivity contribution in [3.8, 4) is 0 Å². The maximum absolute atomic E-state index is 13.7. The zero-order chi connectivity index (χ0) is 20.5. The molecule has 0 aliphatic carbocycles. The molecule has 1 N–H and O–H groups in total. The maximum atomic E-state index is 13.7. The Morgan fingerprint density at radius 1 is 1.03 bits per heavy atom. The molecule has 1 atom stereocenters. The van der Waals surface area contributed by atoms with Crippen LogP contribution in [0.25, 0.3) is 5.76 Å². The number of anilines is 1. The van der Waals surface area contributed by atoms with E-state index in [0.29, 0.717) is 16.9 Å². The number of aliphatic hydroxyl groups excluding tert-OH is 1. The highest BCUT2D eigenvalue weighted by molar-refractivity contribution is 6.51. The lowest BCUT2D eigenvalue weighted by atomic mass is 9.97. The van der Waals surface area contributed by atoms with Crippen molar-refractivity contribution in [2.45, 2.75) is 13.0 Å². The monoisotopic (exact) mass is 388 g/mol. The number of aryl methyl sites for hydroxylation is 1. The summed E-state index contributed by atoms with van der Waals surface area (Å²) in [5.41, 5.74) is 1.45. The smallest absolute Gasteiger partial charge is 0.300 e. The van der Waals surface area contributed by atoms with E-state index in [1.54, 1.807) is 61.7 Å². The third-order valence-electron chi connectivity index (χ3n) is 4.88. The van der Waals surface area contributed by atoms with Gasteiger partial charge in [0.1, 0.15) is 17.6 Å². The first kappa shape index (κ1) is 18.6. The van der Waals surface area contributed by atoms with Gasteiger partial charge in [-0.05, 0) is 55.0 Å². The summed E-state index contributed by atoms with van der Waals surface area (Å²) < 4.78 is 13.7. The summed E-state index contributed by atoms with van der Waals surface area (Å²) in [6.45, 7) is 1.56. The summed E-state index contributed by atoms with van der Waals surface area (Å²) in [6, 6.07) is 17.0. The molecule has 6 heteroatoms. The molecule has 144 valence electrons. The molecule has 1 saturated heterocycles. The number of halogens is 1. The number of para-hydroxylation sites is 1. The number of aliphatic hydroxyl groups is 1. The lowest BCUT2D eigenvalue weighted by Crippen LogP contribution is -2.29. The number of carbonyl (C=O) groups excluding carboxylic acids is 2. The first-order valence-corrected chi connectivity index (χ1v) is 9.02. The van der Waals surface area contributed by atoms with E-state index in [9.17, 15) is 19.1 Å². The highest BCUT2D eigenvalue weighted by Gasteiger charge is 2.47. The number of carbonyl (C=O) groups is 2. The third kappa shape index (κ3) is 3.18. The second kappa shape index (κ2) is 7.31. The van der Waals surface area contributed by atoms with Gasteiger partial charge in [0, 0.05) is 17.4 Å². The minimum atomic E-state index is -0.899. The molecule has 0 radical (unpaired) electrons. The van der Waals surface area contributed by atoms with E-state index in [2.05, 4.69) is 4.98 Å². The molecule has 1 amide bonds. The van der Waals surface area contributed by atoms with Crippen LogP contribution in [0.15, 0.2) is 78.5 Å². The van der Waals surface area contributed by atoms with Crippen LogP contribution in [0.5, 0.6) is 0 Å². The fourth-order valence-electron chi connectivity index (χ4n) is 3.45. The van der Waals surface area contributed by atoms with Crippen molar-refractivity contribution in [2.75, 3.05) is 4.90 Å². The molecule has 2 heterocycles. The van der Waals surface area contributed by atoms with Crippen molar-refractivity contribution < 1.29 is 19.1 Å². The highest BCUT2D eigenvalue weighted by atomic mass is 19.1. The van der Waals surface area contributed by atoms with Gasteiger partial charge >= 0.3 is 0 Å². The van der Waals surface area contributed by atoms with Gasteiger partial charge in [0.25, 0.3) is 11.7 Å². The Bertz CT molecular complexity index is 1130. The molecule has 2 aromatic carbocycles. The minimum absolute atomic E-state index is 0.0800. The summed E-state index contributed by atoms with van der Waals surface area (Å²) in [5.74, 6) is -2.36. The molecule has 1 aliphatic heterocycles. The Morgan fingerprint density at radius 3 is 2.41 bits per heavy atom. The fourth-order valence-corrected chi connectivity index (χ4v) is 3.45. The number of hydrogen-bond acceptors (Lipinski definition) is 4. The van der Waals surface area contributed by atoms with Crippen LogP contribution in [0, 0.1) is 12.7 Å². The van der Waals surface area contributed by atoms with Crippen LogP contribution in [0.3, 0.4) is 0 Å². The van der Waals surface area contributed by atoms with Crippen molar-refractivity contribution in [2.24, 2.45) is 0 Å². The molecular weight excluding hydrogens is 371 g/mol. The Hall–Kier alpha value is -3.80. The fraction of sp³-hybridized carbons (Fsp3) is 0.0870. The number of ketones is 1. The molecule has 0 saturated carbocycles. The lowest BCUT2D eigenvalue weighted by Gasteiger charge is -2.24. The zero-order valence-corrected chi connectivity index (χ0v) is 15.5. The number of benzene rings is 2. The van der Waals surface area contributed by atoms with Gasteiger partial charge in [-0.25, -0.2) is 4.39 Å². The van der Waals surface area contributed by atoms with Crippen LogP contribution in [0.4, 0.5) is 10.1 Å². The van der Waals surface area contributed by atoms with Crippen molar-refractivity contribution in [1.82, 2.24) is 4.98 Å². The average molecular weight is 388 g/mol. The highest BCUT2D eigenvalue weighted by Crippen LogP contribution is 2.41. The van der Waals surface area contributed by atoms with E-state index in [0.717, 1.165) is 0 Å². The van der Waals surface area contributed by atoms with Crippen LogP contribution >= 0.6 is 0 Å². The van der Waals surface area contributed by atoms with Gasteiger partial charge in [-0.1, -0.05) is 24.3 Å². The Balaban J connectivity index is 1.95. The quantitative estimate of drug-likeness (QED) is 0.416. The second-order valence-electron chi connectivity index (χ2n) is 6.72. The van der Waals surface area contributed by atoms with Gasteiger partial charge in [0.05, 0.1) is 11.3 Å². The Morgan fingerprint density at radius 2 is 1.76 bits per heavy atom. The van der Waals surface area contributed by atoms with Crippen molar-refractivity contribution in [3.63, 3.8) is 0 Å². The van der Waals surface area contributed by atoms with E-state index in [1.807, 2.05) is 0 Å². The van der Waals surface area contributed by atoms with E-state index < -0.39 is 23.5 Å². The molecule has 1 aliphatic rings. The molecule has 1 fully saturated rings. The van der Waals surface area contributed by atoms with Gasteiger partial charge in [-0.15, -0.1) is 0 Å². The number of aromatic nitrogens is 1. The van der Waals surface area contributed by atoms with Crippen molar-refractivity contribution in [1.29, 1.82) is 0 Å². The molecule has 5 nitrogen and oxygen atoms in total. The Labute approximate surface area is 166 Å². The normalized spacial score (nSPS) is 18.3. The maximum Gasteiger partial charge on any atom is 0.300 e. The Kier molecular flexibility index (Phi) is 4.68. The van der Waals surface area contributed by atoms with Crippen LogP contribution < -0.4 is 4.90 Å². The molecule has 1 aromatic heterocycles. The van der Waals surface area contributed by atoms with Gasteiger partial charge in [0.2, 0.25) is 0 Å². The summed E-state index contributed by atoms with van der Waals surface area (Å²) >= 11 is 0. The van der Waals surface area contributed by atoms with Gasteiger partial charge in [-0.2, -0.15) is 0 Å². The standard InChI is InChI=1S/C23H17FN2O3/c1-14-13-15(10-11-17(14)24)21(27)19-20(18-9-5-6-12-25-18)26(23(29)22(19)28)16-7-3-2-4-8-16/h2-13,20,27H,1H3/b21-19-. The predicted octanol–water partition coefficient (Wildman–Crippen LogP) is 4.16. The van der Waals surface area contributed by atoms with Crippen molar-refractivity contribution >= 4 is 23.1 Å². The number of nitrogens with zero attached hydrogens (tertiary/aromatic N) is 2. The van der Waals surface area contributed by atoms with Gasteiger partial charge in [-0.3, -0.25) is 19.5 Å². The van der Waals surface area contributed by atoms with E-state index in [-0.39, 0.29) is 16.9 Å². The number of rotatable bonds is 3. The summed E-state index contributed by atoms with van der Waals surface area (Å²) in [6.07, 6.45) is 1.56. The number of hydrogen-bond donors (Lipinski definition) is 1. The lowest BCUT2D eigenvalue weighted by molar-refractivity contribution is -0.132.